The minimum atomic E-state index is 0. The Morgan fingerprint density at radius 1 is 1.03 bits per heavy atom. The molecule has 2 aromatic rings. The van der Waals surface area contributed by atoms with Gasteiger partial charge in [-0.05, 0) is 35.2 Å². The Balaban J connectivity index is 0.00000385. The summed E-state index contributed by atoms with van der Waals surface area (Å²) in [5, 5.41) is 6.72. The molecule has 1 amide bonds. The van der Waals surface area contributed by atoms with Gasteiger partial charge in [0.1, 0.15) is 0 Å². The number of morpholine rings is 1. The number of carbonyl (C=O) groups is 1. The average molecular weight is 566 g/mol. The van der Waals surface area contributed by atoms with Crippen molar-refractivity contribution in [1.29, 1.82) is 0 Å². The summed E-state index contributed by atoms with van der Waals surface area (Å²) in [6.45, 7) is 6.08. The molecule has 1 heterocycles. The molecule has 1 aliphatic heterocycles. The molecular formula is C25H36IN5O2. The second kappa shape index (κ2) is 14.2. The number of nitrogens with one attached hydrogen (secondary N) is 2. The highest BCUT2D eigenvalue weighted by molar-refractivity contribution is 14.0. The number of benzene rings is 2. The van der Waals surface area contributed by atoms with Crippen LogP contribution in [0.2, 0.25) is 0 Å². The predicted molar refractivity (Wildman–Crippen MR) is 144 cm³/mol. The van der Waals surface area contributed by atoms with Gasteiger partial charge in [0.25, 0.3) is 5.91 Å². The van der Waals surface area contributed by atoms with E-state index in [0.29, 0.717) is 12.1 Å². The highest BCUT2D eigenvalue weighted by atomic mass is 127. The first-order valence-corrected chi connectivity index (χ1v) is 11.2. The summed E-state index contributed by atoms with van der Waals surface area (Å²) < 4.78 is 5.42. The lowest BCUT2D eigenvalue weighted by Crippen LogP contribution is -2.37. The van der Waals surface area contributed by atoms with Gasteiger partial charge in [-0.1, -0.05) is 36.4 Å². The molecule has 180 valence electrons. The number of guanidine groups is 1. The number of amides is 1. The summed E-state index contributed by atoms with van der Waals surface area (Å²) in [5.74, 6) is 0.788. The van der Waals surface area contributed by atoms with Crippen molar-refractivity contribution in [2.24, 2.45) is 4.99 Å². The molecule has 0 aliphatic carbocycles. The van der Waals surface area contributed by atoms with Crippen LogP contribution in [0.5, 0.6) is 0 Å². The molecule has 0 spiro atoms. The molecule has 7 nitrogen and oxygen atoms in total. The van der Waals surface area contributed by atoms with Crippen molar-refractivity contribution in [2.75, 3.05) is 54.0 Å². The lowest BCUT2D eigenvalue weighted by Gasteiger charge is -2.26. The molecule has 33 heavy (non-hydrogen) atoms. The summed E-state index contributed by atoms with van der Waals surface area (Å²) in [6.07, 6.45) is 0.811. The molecule has 0 unspecified atom stereocenters. The van der Waals surface area contributed by atoms with E-state index in [1.165, 1.54) is 11.1 Å². The quantitative estimate of drug-likeness (QED) is 0.293. The van der Waals surface area contributed by atoms with Crippen LogP contribution in [0.25, 0.3) is 0 Å². The average Bonchev–Trinajstić information content (AvgIpc) is 2.82. The lowest BCUT2D eigenvalue weighted by molar-refractivity contribution is 0.0342. The first-order chi connectivity index (χ1) is 15.5. The molecule has 0 atom stereocenters. The van der Waals surface area contributed by atoms with Crippen LogP contribution < -0.4 is 10.6 Å². The van der Waals surface area contributed by atoms with E-state index in [1.54, 1.807) is 26.0 Å². The van der Waals surface area contributed by atoms with E-state index in [9.17, 15) is 4.79 Å². The Bertz CT molecular complexity index is 896. The van der Waals surface area contributed by atoms with Crippen molar-refractivity contribution in [1.82, 2.24) is 20.4 Å². The van der Waals surface area contributed by atoms with Crippen molar-refractivity contribution in [2.45, 2.75) is 19.5 Å². The van der Waals surface area contributed by atoms with E-state index in [2.05, 4.69) is 44.8 Å². The van der Waals surface area contributed by atoms with E-state index in [-0.39, 0.29) is 29.9 Å². The van der Waals surface area contributed by atoms with Crippen LogP contribution >= 0.6 is 24.0 Å². The molecule has 1 saturated heterocycles. The topological polar surface area (TPSA) is 69.2 Å². The first-order valence-electron chi connectivity index (χ1n) is 11.2. The van der Waals surface area contributed by atoms with Crippen molar-refractivity contribution in [3.05, 3.63) is 70.8 Å². The largest absolute Gasteiger partial charge is 0.379 e. The van der Waals surface area contributed by atoms with Gasteiger partial charge in [0.15, 0.2) is 5.96 Å². The van der Waals surface area contributed by atoms with Crippen molar-refractivity contribution in [3.63, 3.8) is 0 Å². The molecule has 0 aromatic heterocycles. The van der Waals surface area contributed by atoms with E-state index in [0.717, 1.165) is 57.3 Å². The number of nitrogens with zero attached hydrogens (tertiary/aromatic N) is 3. The first kappa shape index (κ1) is 27.1. The summed E-state index contributed by atoms with van der Waals surface area (Å²) in [5.41, 5.74) is 4.38. The minimum Gasteiger partial charge on any atom is -0.379 e. The van der Waals surface area contributed by atoms with Crippen LogP contribution in [-0.2, 0) is 24.2 Å². The second-order valence-electron chi connectivity index (χ2n) is 8.21. The van der Waals surface area contributed by atoms with E-state index < -0.39 is 0 Å². The van der Waals surface area contributed by atoms with Crippen LogP contribution in [0.1, 0.15) is 27.0 Å². The molecule has 0 saturated carbocycles. The van der Waals surface area contributed by atoms with Crippen LogP contribution in [0, 0.1) is 0 Å². The van der Waals surface area contributed by atoms with Gasteiger partial charge in [-0.15, -0.1) is 24.0 Å². The monoisotopic (exact) mass is 565 g/mol. The molecule has 1 fully saturated rings. The van der Waals surface area contributed by atoms with E-state index >= 15 is 0 Å². The molecule has 8 heteroatoms. The maximum atomic E-state index is 12.1. The normalized spacial score (nSPS) is 14.3. The van der Waals surface area contributed by atoms with E-state index in [1.807, 2.05) is 24.3 Å². The highest BCUT2D eigenvalue weighted by Gasteiger charge is 2.11. The smallest absolute Gasteiger partial charge is 0.253 e. The predicted octanol–water partition coefficient (Wildman–Crippen LogP) is 2.75. The summed E-state index contributed by atoms with van der Waals surface area (Å²) in [4.78, 5) is 20.5. The molecule has 1 aliphatic rings. The zero-order valence-corrected chi connectivity index (χ0v) is 22.2. The van der Waals surface area contributed by atoms with Gasteiger partial charge >= 0.3 is 0 Å². The third-order valence-corrected chi connectivity index (χ3v) is 5.50. The fourth-order valence-electron chi connectivity index (χ4n) is 3.63. The van der Waals surface area contributed by atoms with Gasteiger partial charge in [-0.3, -0.25) is 14.7 Å². The third-order valence-electron chi connectivity index (χ3n) is 5.50. The number of hydrogen-bond donors (Lipinski definition) is 2. The fourth-order valence-corrected chi connectivity index (χ4v) is 3.63. The minimum absolute atomic E-state index is 0. The van der Waals surface area contributed by atoms with Crippen LogP contribution in [-0.4, -0.2) is 75.7 Å². The Labute approximate surface area is 214 Å². The van der Waals surface area contributed by atoms with E-state index in [4.69, 9.17) is 4.74 Å². The SMILES string of the molecule is CN=C(NCCc1cccc(C(=O)N(C)C)c1)NCc1ccc(CN2CCOCC2)cc1.I. The number of halogens is 1. The van der Waals surface area contributed by atoms with Gasteiger partial charge in [-0.2, -0.15) is 0 Å². The number of carbonyl (C=O) groups excluding carboxylic acids is 1. The number of ether oxygens (including phenoxy) is 1. The molecule has 0 radical (unpaired) electrons. The van der Waals surface area contributed by atoms with Crippen molar-refractivity contribution in [3.8, 4) is 0 Å². The Morgan fingerprint density at radius 2 is 1.73 bits per heavy atom. The highest BCUT2D eigenvalue weighted by Crippen LogP contribution is 2.10. The standard InChI is InChI=1S/C25H35N5O2.HI/c1-26-25(27-12-11-20-5-4-6-23(17-20)24(31)29(2)3)28-18-21-7-9-22(10-8-21)19-30-13-15-32-16-14-30;/h4-10,17H,11-16,18-19H2,1-3H3,(H2,26,27,28);1H. The van der Waals surface area contributed by atoms with Gasteiger partial charge < -0.3 is 20.3 Å². The van der Waals surface area contributed by atoms with Crippen LogP contribution in [0.4, 0.5) is 0 Å². The molecule has 2 aromatic carbocycles. The van der Waals surface area contributed by atoms with Gasteiger partial charge in [0.05, 0.1) is 13.2 Å². The van der Waals surface area contributed by atoms with Crippen molar-refractivity contribution < 1.29 is 9.53 Å². The maximum Gasteiger partial charge on any atom is 0.253 e. The summed E-state index contributed by atoms with van der Waals surface area (Å²) in [6, 6.07) is 16.5. The zero-order valence-electron chi connectivity index (χ0n) is 19.8. The number of rotatable bonds is 8. The number of hydrogen-bond acceptors (Lipinski definition) is 4. The van der Waals surface area contributed by atoms with Crippen molar-refractivity contribution >= 4 is 35.8 Å². The Kier molecular flexibility index (Phi) is 11.6. The number of aliphatic imine (C=N–C) groups is 1. The van der Waals surface area contributed by atoms with Gasteiger partial charge in [0.2, 0.25) is 0 Å². The zero-order chi connectivity index (χ0) is 22.8. The third kappa shape index (κ3) is 8.94. The van der Waals surface area contributed by atoms with Gasteiger partial charge in [-0.25, -0.2) is 0 Å². The molecule has 2 N–H and O–H groups in total. The maximum absolute atomic E-state index is 12.1. The molecular weight excluding hydrogens is 529 g/mol. The Hall–Kier alpha value is -2.17. The fraction of sp³-hybridized carbons (Fsp3) is 0.440. The summed E-state index contributed by atoms with van der Waals surface area (Å²) >= 11 is 0. The lowest BCUT2D eigenvalue weighted by atomic mass is 10.1. The summed E-state index contributed by atoms with van der Waals surface area (Å²) in [7, 11) is 5.31. The molecule has 3 rings (SSSR count). The molecule has 0 bridgehead atoms. The second-order valence-corrected chi connectivity index (χ2v) is 8.21. The van der Waals surface area contributed by atoms with Crippen LogP contribution in [0.15, 0.2) is 53.5 Å². The van der Waals surface area contributed by atoms with Crippen LogP contribution in [0.3, 0.4) is 0 Å². The Morgan fingerprint density at radius 3 is 2.39 bits per heavy atom. The van der Waals surface area contributed by atoms with Gasteiger partial charge in [0, 0.05) is 59.4 Å².